The molecule has 4 heteroatoms. The third-order valence-corrected chi connectivity index (χ3v) is 4.59. The maximum Gasteiger partial charge on any atom is 0.163 e. The normalized spacial score (nSPS) is 20.0. The molecule has 0 amide bonds. The number of hydrogen-bond donors (Lipinski definition) is 2. The van der Waals surface area contributed by atoms with E-state index in [0.717, 1.165) is 34.6 Å². The lowest BCUT2D eigenvalue weighted by molar-refractivity contribution is -0.116. The molecule has 2 aliphatic rings. The van der Waals surface area contributed by atoms with Crippen molar-refractivity contribution in [1.29, 1.82) is 0 Å². The molecule has 1 aliphatic carbocycles. The van der Waals surface area contributed by atoms with Crippen LogP contribution in [0.25, 0.3) is 0 Å². The summed E-state index contributed by atoms with van der Waals surface area (Å²) in [4.78, 5) is 12.6. The fourth-order valence-corrected chi connectivity index (χ4v) is 3.35. The van der Waals surface area contributed by atoms with Gasteiger partial charge < -0.3 is 10.6 Å². The molecule has 0 radical (unpaired) electrons. The molecule has 0 bridgehead atoms. The Morgan fingerprint density at radius 2 is 1.70 bits per heavy atom. The minimum atomic E-state index is -0.249. The zero-order valence-corrected chi connectivity index (χ0v) is 12.6. The second kappa shape index (κ2) is 5.54. The maximum atomic E-state index is 13.1. The molecule has 0 saturated heterocycles. The first kappa shape index (κ1) is 14.0. The van der Waals surface area contributed by atoms with Gasteiger partial charge in [-0.25, -0.2) is 4.39 Å². The SMILES string of the molecule is O=C1CC(c2ccc(F)cc2)CC2=C1CNc1ccccc1N2. The van der Waals surface area contributed by atoms with Gasteiger partial charge in [-0.3, -0.25) is 4.79 Å². The molecule has 2 N–H and O–H groups in total. The van der Waals surface area contributed by atoms with Gasteiger partial charge in [0.2, 0.25) is 0 Å². The van der Waals surface area contributed by atoms with E-state index in [0.29, 0.717) is 13.0 Å². The summed E-state index contributed by atoms with van der Waals surface area (Å²) in [5.74, 6) is 0.00880. The van der Waals surface area contributed by atoms with Crippen LogP contribution in [0.5, 0.6) is 0 Å². The summed E-state index contributed by atoms with van der Waals surface area (Å²) in [6, 6.07) is 14.4. The largest absolute Gasteiger partial charge is 0.379 e. The van der Waals surface area contributed by atoms with Crippen LogP contribution in [0.2, 0.25) is 0 Å². The second-order valence-corrected chi connectivity index (χ2v) is 6.06. The highest BCUT2D eigenvalue weighted by Gasteiger charge is 2.30. The van der Waals surface area contributed by atoms with E-state index < -0.39 is 0 Å². The highest BCUT2D eigenvalue weighted by molar-refractivity contribution is 6.00. The van der Waals surface area contributed by atoms with Crippen molar-refractivity contribution >= 4 is 17.2 Å². The third-order valence-electron chi connectivity index (χ3n) is 4.59. The minimum absolute atomic E-state index is 0.0969. The molecule has 3 nitrogen and oxygen atoms in total. The first-order valence-corrected chi connectivity index (χ1v) is 7.81. The van der Waals surface area contributed by atoms with E-state index in [9.17, 15) is 9.18 Å². The van der Waals surface area contributed by atoms with Gasteiger partial charge >= 0.3 is 0 Å². The number of fused-ring (bicyclic) bond motifs is 1. The highest BCUT2D eigenvalue weighted by Crippen LogP contribution is 2.38. The summed E-state index contributed by atoms with van der Waals surface area (Å²) in [5.41, 5.74) is 4.82. The number of ketones is 1. The van der Waals surface area contributed by atoms with Gasteiger partial charge in [0, 0.05) is 24.2 Å². The first-order valence-electron chi connectivity index (χ1n) is 7.81. The summed E-state index contributed by atoms with van der Waals surface area (Å²) in [6.45, 7) is 0.550. The Labute approximate surface area is 134 Å². The average molecular weight is 308 g/mol. The van der Waals surface area contributed by atoms with E-state index in [-0.39, 0.29) is 17.5 Å². The third kappa shape index (κ3) is 2.61. The maximum absolute atomic E-state index is 13.1. The summed E-state index contributed by atoms with van der Waals surface area (Å²) in [5, 5.41) is 6.75. The van der Waals surface area contributed by atoms with Crippen LogP contribution in [-0.2, 0) is 4.79 Å². The van der Waals surface area contributed by atoms with Crippen LogP contribution in [0, 0.1) is 5.82 Å². The zero-order valence-electron chi connectivity index (χ0n) is 12.6. The van der Waals surface area contributed by atoms with Gasteiger partial charge in [-0.05, 0) is 42.2 Å². The van der Waals surface area contributed by atoms with Crippen LogP contribution >= 0.6 is 0 Å². The van der Waals surface area contributed by atoms with E-state index >= 15 is 0 Å². The van der Waals surface area contributed by atoms with Crippen molar-refractivity contribution in [3.63, 3.8) is 0 Å². The minimum Gasteiger partial charge on any atom is -0.379 e. The molecular formula is C19H17FN2O. The lowest BCUT2D eigenvalue weighted by Crippen LogP contribution is -2.24. The quantitative estimate of drug-likeness (QED) is 0.834. The summed E-state index contributed by atoms with van der Waals surface area (Å²) >= 11 is 0. The Morgan fingerprint density at radius 1 is 0.957 bits per heavy atom. The number of rotatable bonds is 1. The van der Waals surface area contributed by atoms with E-state index in [2.05, 4.69) is 10.6 Å². The van der Waals surface area contributed by atoms with Gasteiger partial charge in [0.05, 0.1) is 11.4 Å². The molecule has 4 rings (SSSR count). The Bertz CT molecular complexity index is 795. The van der Waals surface area contributed by atoms with Gasteiger partial charge in [0.25, 0.3) is 0 Å². The van der Waals surface area contributed by atoms with Crippen molar-refractivity contribution in [1.82, 2.24) is 0 Å². The van der Waals surface area contributed by atoms with Gasteiger partial charge in [-0.2, -0.15) is 0 Å². The van der Waals surface area contributed by atoms with Gasteiger partial charge in [-0.15, -0.1) is 0 Å². The fourth-order valence-electron chi connectivity index (χ4n) is 3.35. The van der Waals surface area contributed by atoms with Gasteiger partial charge in [-0.1, -0.05) is 24.3 Å². The Kier molecular flexibility index (Phi) is 3.37. The van der Waals surface area contributed by atoms with Crippen LogP contribution in [0.4, 0.5) is 15.8 Å². The van der Waals surface area contributed by atoms with Crippen molar-refractivity contribution in [3.8, 4) is 0 Å². The number of para-hydroxylation sites is 2. The average Bonchev–Trinajstić information content (AvgIpc) is 2.74. The van der Waals surface area contributed by atoms with E-state index in [4.69, 9.17) is 0 Å². The van der Waals surface area contributed by atoms with Gasteiger partial charge in [0.15, 0.2) is 5.78 Å². The van der Waals surface area contributed by atoms with Crippen LogP contribution in [0.3, 0.4) is 0 Å². The van der Waals surface area contributed by atoms with Crippen molar-refractivity contribution in [2.24, 2.45) is 0 Å². The molecular weight excluding hydrogens is 291 g/mol. The molecule has 0 aromatic heterocycles. The number of carbonyl (C=O) groups is 1. The van der Waals surface area contributed by atoms with Crippen LogP contribution in [-0.4, -0.2) is 12.3 Å². The molecule has 2 aromatic rings. The molecule has 1 atom stereocenters. The molecule has 0 spiro atoms. The van der Waals surface area contributed by atoms with Crippen LogP contribution in [0.1, 0.15) is 24.3 Å². The first-order chi connectivity index (χ1) is 11.2. The number of anilines is 2. The van der Waals surface area contributed by atoms with Gasteiger partial charge in [0.1, 0.15) is 5.82 Å². The van der Waals surface area contributed by atoms with Crippen LogP contribution in [0.15, 0.2) is 59.8 Å². The number of benzene rings is 2. The second-order valence-electron chi connectivity index (χ2n) is 6.06. The lowest BCUT2D eigenvalue weighted by Gasteiger charge is -2.26. The molecule has 1 heterocycles. The standard InChI is InChI=1S/C19H17FN2O/c20-14-7-5-12(6-8-14)13-9-18-15(19(23)10-13)11-21-16-3-1-2-4-17(16)22-18/h1-8,13,21-22H,9-11H2. The number of Topliss-reactive ketones (excluding diaryl/α,β-unsaturated/α-hetero) is 1. The predicted octanol–water partition coefficient (Wildman–Crippen LogP) is 4.06. The molecule has 1 aliphatic heterocycles. The van der Waals surface area contributed by atoms with Crippen molar-refractivity contribution in [2.45, 2.75) is 18.8 Å². The summed E-state index contributed by atoms with van der Waals surface area (Å²) < 4.78 is 13.1. The smallest absolute Gasteiger partial charge is 0.163 e. The Balaban J connectivity index is 1.66. The highest BCUT2D eigenvalue weighted by atomic mass is 19.1. The monoisotopic (exact) mass is 308 g/mol. The summed E-state index contributed by atoms with van der Waals surface area (Å²) in [7, 11) is 0. The number of carbonyl (C=O) groups excluding carboxylic acids is 1. The lowest BCUT2D eigenvalue weighted by atomic mass is 9.82. The molecule has 23 heavy (non-hydrogen) atoms. The van der Waals surface area contributed by atoms with E-state index in [1.54, 1.807) is 12.1 Å². The summed E-state index contributed by atoms with van der Waals surface area (Å²) in [6.07, 6.45) is 1.24. The molecule has 1 unspecified atom stereocenters. The van der Waals surface area contributed by atoms with E-state index in [1.165, 1.54) is 12.1 Å². The van der Waals surface area contributed by atoms with E-state index in [1.807, 2.05) is 24.3 Å². The number of nitrogens with one attached hydrogen (secondary N) is 2. The van der Waals surface area contributed by atoms with Crippen molar-refractivity contribution in [2.75, 3.05) is 17.2 Å². The fraction of sp³-hybridized carbons (Fsp3) is 0.211. The number of allylic oxidation sites excluding steroid dienone is 1. The Hall–Kier alpha value is -2.62. The molecule has 116 valence electrons. The van der Waals surface area contributed by atoms with Crippen LogP contribution < -0.4 is 10.6 Å². The van der Waals surface area contributed by atoms with Crippen molar-refractivity contribution in [3.05, 3.63) is 71.2 Å². The Morgan fingerprint density at radius 3 is 2.48 bits per heavy atom. The number of hydrogen-bond acceptors (Lipinski definition) is 3. The van der Waals surface area contributed by atoms with Crippen molar-refractivity contribution < 1.29 is 9.18 Å². The topological polar surface area (TPSA) is 41.1 Å². The molecule has 2 aromatic carbocycles. The molecule has 0 fully saturated rings. The predicted molar refractivity (Wildman–Crippen MR) is 89.0 cm³/mol. The molecule has 0 saturated carbocycles. The zero-order chi connectivity index (χ0) is 15.8. The number of halogens is 1.